The Balaban J connectivity index is 1.82. The molecule has 0 aliphatic carbocycles. The molecule has 0 aromatic rings. The monoisotopic (exact) mass is 552 g/mol. The fourth-order valence-electron chi connectivity index (χ4n) is 7.01. The molecule has 0 amide bonds. The third kappa shape index (κ3) is 20.9. The number of nitrogens with one attached hydrogen (secondary N) is 1. The molecule has 1 saturated heterocycles. The van der Waals surface area contributed by atoms with Crippen LogP contribution < -0.4 is 5.32 Å². The molecule has 1 unspecified atom stereocenters. The first-order valence-electron chi connectivity index (χ1n) is 17.3. The van der Waals surface area contributed by atoms with Crippen molar-refractivity contribution in [1.29, 1.82) is 0 Å². The SMILES string of the molecule is CCCCCCOC(CCCCCCCCCCCCCCCCCCC1CC(C)(C)NC(C)(C)C1)C(=O)O. The molecule has 0 radical (unpaired) electrons. The number of carbonyl (C=O) groups is 1. The second kappa shape index (κ2) is 22.0. The Hall–Kier alpha value is -0.610. The molecule has 0 spiro atoms. The Kier molecular flexibility index (Phi) is 20.6. The predicted octanol–water partition coefficient (Wildman–Crippen LogP) is 10.6. The Morgan fingerprint density at radius 2 is 1.10 bits per heavy atom. The predicted molar refractivity (Wildman–Crippen MR) is 169 cm³/mol. The fourth-order valence-corrected chi connectivity index (χ4v) is 7.01. The Morgan fingerprint density at radius 3 is 1.54 bits per heavy atom. The van der Waals surface area contributed by atoms with Crippen molar-refractivity contribution in [2.45, 2.75) is 206 Å². The molecule has 1 aliphatic heterocycles. The number of aliphatic carboxylic acids is 1. The van der Waals surface area contributed by atoms with Crippen molar-refractivity contribution in [2.24, 2.45) is 5.92 Å². The van der Waals surface area contributed by atoms with Crippen LogP contribution in [0, 0.1) is 5.92 Å². The van der Waals surface area contributed by atoms with E-state index < -0.39 is 12.1 Å². The van der Waals surface area contributed by atoms with Crippen molar-refractivity contribution in [3.63, 3.8) is 0 Å². The summed E-state index contributed by atoms with van der Waals surface area (Å²) < 4.78 is 5.61. The number of carboxylic acid groups (broad SMARTS) is 1. The Bertz CT molecular complexity index is 572. The van der Waals surface area contributed by atoms with E-state index in [4.69, 9.17) is 4.74 Å². The van der Waals surface area contributed by atoms with Crippen LogP contribution in [0.15, 0.2) is 0 Å². The Labute approximate surface area is 244 Å². The minimum atomic E-state index is -0.790. The van der Waals surface area contributed by atoms with E-state index in [0.29, 0.717) is 24.1 Å². The number of unbranched alkanes of at least 4 members (excludes halogenated alkanes) is 18. The molecular weight excluding hydrogens is 482 g/mol. The molecule has 4 nitrogen and oxygen atoms in total. The van der Waals surface area contributed by atoms with Gasteiger partial charge >= 0.3 is 5.97 Å². The van der Waals surface area contributed by atoms with Gasteiger partial charge in [-0.3, -0.25) is 0 Å². The molecule has 1 heterocycles. The van der Waals surface area contributed by atoms with Crippen LogP contribution in [0.4, 0.5) is 0 Å². The topological polar surface area (TPSA) is 58.6 Å². The summed E-state index contributed by atoms with van der Waals surface area (Å²) in [5.74, 6) is 0.111. The van der Waals surface area contributed by atoms with E-state index >= 15 is 0 Å². The van der Waals surface area contributed by atoms with Crippen LogP contribution in [0.25, 0.3) is 0 Å². The van der Waals surface area contributed by atoms with Crippen molar-refractivity contribution >= 4 is 5.97 Å². The molecule has 1 fully saturated rings. The highest BCUT2D eigenvalue weighted by Crippen LogP contribution is 2.35. The molecule has 0 saturated carbocycles. The van der Waals surface area contributed by atoms with Gasteiger partial charge in [-0.2, -0.15) is 0 Å². The van der Waals surface area contributed by atoms with Gasteiger partial charge in [-0.05, 0) is 59.3 Å². The quantitative estimate of drug-likeness (QED) is 0.105. The second-order valence-corrected chi connectivity index (χ2v) is 14.2. The number of hydrogen-bond donors (Lipinski definition) is 2. The van der Waals surface area contributed by atoms with Crippen LogP contribution in [0.3, 0.4) is 0 Å². The molecule has 232 valence electrons. The van der Waals surface area contributed by atoms with Gasteiger partial charge < -0.3 is 15.2 Å². The normalized spacial score (nSPS) is 17.9. The summed E-state index contributed by atoms with van der Waals surface area (Å²) in [6.45, 7) is 12.3. The highest BCUT2D eigenvalue weighted by atomic mass is 16.5. The van der Waals surface area contributed by atoms with E-state index in [0.717, 1.165) is 31.6 Å². The number of ether oxygens (including phenoxy) is 1. The van der Waals surface area contributed by atoms with Crippen molar-refractivity contribution < 1.29 is 14.6 Å². The average Bonchev–Trinajstić information content (AvgIpc) is 2.84. The maximum absolute atomic E-state index is 11.4. The molecule has 39 heavy (non-hydrogen) atoms. The van der Waals surface area contributed by atoms with Gasteiger partial charge in [0.15, 0.2) is 6.10 Å². The maximum Gasteiger partial charge on any atom is 0.332 e. The van der Waals surface area contributed by atoms with Gasteiger partial charge in [0.2, 0.25) is 0 Å². The minimum Gasteiger partial charge on any atom is -0.479 e. The summed E-state index contributed by atoms with van der Waals surface area (Å²) in [5, 5.41) is 13.2. The highest BCUT2D eigenvalue weighted by Gasteiger charge is 2.37. The first-order chi connectivity index (χ1) is 18.7. The van der Waals surface area contributed by atoms with Gasteiger partial charge in [0.05, 0.1) is 0 Å². The van der Waals surface area contributed by atoms with Gasteiger partial charge in [-0.25, -0.2) is 4.79 Å². The van der Waals surface area contributed by atoms with Gasteiger partial charge in [-0.1, -0.05) is 135 Å². The summed E-state index contributed by atoms with van der Waals surface area (Å²) in [5.41, 5.74) is 0.592. The zero-order valence-electron chi connectivity index (χ0n) is 27.1. The number of rotatable bonds is 26. The molecule has 0 aromatic carbocycles. The average molecular weight is 552 g/mol. The molecular formula is C35H69NO3. The first kappa shape index (κ1) is 36.4. The lowest BCUT2D eigenvalue weighted by molar-refractivity contribution is -0.151. The molecule has 1 atom stereocenters. The van der Waals surface area contributed by atoms with Crippen molar-refractivity contribution in [3.8, 4) is 0 Å². The van der Waals surface area contributed by atoms with E-state index in [1.54, 1.807) is 0 Å². The van der Waals surface area contributed by atoms with Gasteiger partial charge in [0, 0.05) is 17.7 Å². The van der Waals surface area contributed by atoms with Crippen molar-refractivity contribution in [1.82, 2.24) is 5.32 Å². The van der Waals surface area contributed by atoms with Crippen LogP contribution in [0.2, 0.25) is 0 Å². The van der Waals surface area contributed by atoms with Gasteiger partial charge in [-0.15, -0.1) is 0 Å². The summed E-state index contributed by atoms with van der Waals surface area (Å²) in [6, 6.07) is 0. The van der Waals surface area contributed by atoms with Crippen LogP contribution in [0.1, 0.15) is 189 Å². The molecule has 4 heteroatoms. The lowest BCUT2D eigenvalue weighted by Crippen LogP contribution is -2.57. The minimum absolute atomic E-state index is 0.296. The lowest BCUT2D eigenvalue weighted by atomic mass is 9.74. The zero-order chi connectivity index (χ0) is 28.8. The van der Waals surface area contributed by atoms with Crippen LogP contribution in [0.5, 0.6) is 0 Å². The zero-order valence-corrected chi connectivity index (χ0v) is 27.1. The summed E-state index contributed by atoms with van der Waals surface area (Å²) >= 11 is 0. The second-order valence-electron chi connectivity index (χ2n) is 14.2. The summed E-state index contributed by atoms with van der Waals surface area (Å²) in [6.07, 6.45) is 30.2. The van der Waals surface area contributed by atoms with Gasteiger partial charge in [0.25, 0.3) is 0 Å². The first-order valence-corrected chi connectivity index (χ1v) is 17.3. The van der Waals surface area contributed by atoms with E-state index in [2.05, 4.69) is 39.9 Å². The smallest absolute Gasteiger partial charge is 0.332 e. The molecule has 0 bridgehead atoms. The molecule has 2 N–H and O–H groups in total. The fraction of sp³-hybridized carbons (Fsp3) is 0.971. The van der Waals surface area contributed by atoms with Crippen LogP contribution >= 0.6 is 0 Å². The number of hydrogen-bond acceptors (Lipinski definition) is 3. The van der Waals surface area contributed by atoms with E-state index in [1.807, 2.05) is 0 Å². The highest BCUT2D eigenvalue weighted by molar-refractivity contribution is 5.72. The number of carboxylic acids is 1. The standard InChI is InChI=1S/C35H69NO3/c1-6-7-8-25-28-39-32(33(37)38)27-24-22-20-18-16-14-12-10-9-11-13-15-17-19-21-23-26-31-29-34(2,3)36-35(4,5)30-31/h31-32,36H,6-30H2,1-5H3,(H,37,38). The van der Waals surface area contributed by atoms with Crippen molar-refractivity contribution in [3.05, 3.63) is 0 Å². The summed E-state index contributed by atoms with van der Waals surface area (Å²) in [7, 11) is 0. The third-order valence-corrected chi connectivity index (χ3v) is 8.70. The van der Waals surface area contributed by atoms with E-state index in [1.165, 1.54) is 122 Å². The van der Waals surface area contributed by atoms with Gasteiger partial charge in [0.1, 0.15) is 0 Å². The molecule has 1 rings (SSSR count). The largest absolute Gasteiger partial charge is 0.479 e. The maximum atomic E-state index is 11.4. The summed E-state index contributed by atoms with van der Waals surface area (Å²) in [4.78, 5) is 11.4. The molecule has 1 aliphatic rings. The Morgan fingerprint density at radius 1 is 0.692 bits per heavy atom. The van der Waals surface area contributed by atoms with E-state index in [-0.39, 0.29) is 0 Å². The van der Waals surface area contributed by atoms with Crippen molar-refractivity contribution in [2.75, 3.05) is 6.61 Å². The van der Waals surface area contributed by atoms with Crippen LogP contribution in [-0.4, -0.2) is 34.9 Å². The number of piperidine rings is 1. The third-order valence-electron chi connectivity index (χ3n) is 8.70. The van der Waals surface area contributed by atoms with E-state index in [9.17, 15) is 9.90 Å². The van der Waals surface area contributed by atoms with Crippen LogP contribution in [-0.2, 0) is 9.53 Å². The lowest BCUT2D eigenvalue weighted by Gasteiger charge is -2.46. The molecule has 0 aromatic heterocycles.